The summed E-state index contributed by atoms with van der Waals surface area (Å²) in [6, 6.07) is 21.9. The van der Waals surface area contributed by atoms with Crippen molar-refractivity contribution in [3.8, 4) is 5.75 Å². The molecule has 0 aliphatic heterocycles. The Morgan fingerprint density at radius 1 is 0.955 bits per heavy atom. The average Bonchev–Trinajstić information content (AvgIpc) is 3.47. The van der Waals surface area contributed by atoms with E-state index in [1.54, 1.807) is 43.3 Å². The van der Waals surface area contributed by atoms with Crippen LogP contribution in [-0.2, 0) is 16.0 Å². The number of halogens is 1. The Bertz CT molecular complexity index is 1710. The molecule has 2 aromatic heterocycles. The minimum atomic E-state index is -0.769. The summed E-state index contributed by atoms with van der Waals surface area (Å²) in [5.41, 5.74) is 3.33. The highest BCUT2D eigenvalue weighted by atomic mass is 35.5. The van der Waals surface area contributed by atoms with Crippen LogP contribution in [-0.4, -0.2) is 48.8 Å². The first-order chi connectivity index (χ1) is 21.2. The number of nitrogens with zero attached hydrogens (tertiary/aromatic N) is 1. The largest absolute Gasteiger partial charge is 0.482 e. The van der Waals surface area contributed by atoms with Crippen molar-refractivity contribution < 1.29 is 28.2 Å². The second kappa shape index (κ2) is 15.6. The molecule has 0 saturated carbocycles. The van der Waals surface area contributed by atoms with Crippen molar-refractivity contribution in [1.82, 2.24) is 4.90 Å². The molecule has 0 aliphatic carbocycles. The fraction of sp³-hybridized carbons (Fsp3) is 0.314. The first kappa shape index (κ1) is 32.8. The highest BCUT2D eigenvalue weighted by Gasteiger charge is 2.16. The lowest BCUT2D eigenvalue weighted by Crippen LogP contribution is -2.27. The standard InChI is InChI=1S/C20H27NO5.C15H11ClO2/c1-5-21(6-2)11-10-17-14(4)16-9-8-15(12-18(16)26-20(17)23)25-13-19(22)24-7-3;16-12-7-5-10(6-8-12)15(17)14-9-11-3-1-2-4-13(11)18-14/h8-9,12H,5-7,10-11,13H2,1-4H3;1-9,15,17H. The third-order valence-corrected chi connectivity index (χ3v) is 7.65. The lowest BCUT2D eigenvalue weighted by molar-refractivity contribution is -0.145. The minimum absolute atomic E-state index is 0.176. The molecule has 5 aromatic rings. The Kier molecular flexibility index (Phi) is 11.6. The van der Waals surface area contributed by atoms with Crippen LogP contribution in [0.5, 0.6) is 5.75 Å². The molecule has 0 amide bonds. The molecule has 1 N–H and O–H groups in total. The van der Waals surface area contributed by atoms with Crippen LogP contribution in [0.15, 0.2) is 86.4 Å². The van der Waals surface area contributed by atoms with E-state index in [4.69, 9.17) is 29.9 Å². The number of carbonyl (C=O) groups is 1. The van der Waals surface area contributed by atoms with E-state index in [-0.39, 0.29) is 12.2 Å². The smallest absolute Gasteiger partial charge is 0.344 e. The van der Waals surface area contributed by atoms with Gasteiger partial charge in [-0.25, -0.2) is 9.59 Å². The lowest BCUT2D eigenvalue weighted by atomic mass is 10.0. The van der Waals surface area contributed by atoms with Gasteiger partial charge in [0.05, 0.1) is 6.61 Å². The zero-order chi connectivity index (χ0) is 31.6. The van der Waals surface area contributed by atoms with Gasteiger partial charge >= 0.3 is 11.6 Å². The van der Waals surface area contributed by atoms with E-state index < -0.39 is 12.1 Å². The molecule has 0 fully saturated rings. The highest BCUT2D eigenvalue weighted by Crippen LogP contribution is 2.29. The molecule has 44 heavy (non-hydrogen) atoms. The van der Waals surface area contributed by atoms with Gasteiger partial charge in [0, 0.05) is 34.0 Å². The van der Waals surface area contributed by atoms with Crippen molar-refractivity contribution in [1.29, 1.82) is 0 Å². The van der Waals surface area contributed by atoms with Crippen molar-refractivity contribution in [2.45, 2.75) is 40.2 Å². The molecular formula is C35H38ClNO7. The number of hydrogen-bond donors (Lipinski definition) is 1. The number of hydrogen-bond acceptors (Lipinski definition) is 8. The van der Waals surface area contributed by atoms with Gasteiger partial charge < -0.3 is 28.3 Å². The second-order valence-corrected chi connectivity index (χ2v) is 10.6. The number of carbonyl (C=O) groups excluding carboxylic acids is 1. The van der Waals surface area contributed by atoms with E-state index in [2.05, 4.69) is 18.7 Å². The number of esters is 1. The van der Waals surface area contributed by atoms with E-state index in [1.807, 2.05) is 43.3 Å². The van der Waals surface area contributed by atoms with Gasteiger partial charge in [0.2, 0.25) is 0 Å². The van der Waals surface area contributed by atoms with Crippen molar-refractivity contribution >= 4 is 39.5 Å². The Labute approximate surface area is 261 Å². The predicted molar refractivity (Wildman–Crippen MR) is 173 cm³/mol. The quantitative estimate of drug-likeness (QED) is 0.123. The van der Waals surface area contributed by atoms with Crippen LogP contribution in [0.25, 0.3) is 21.9 Å². The van der Waals surface area contributed by atoms with Gasteiger partial charge in [0.15, 0.2) is 6.61 Å². The molecular weight excluding hydrogens is 582 g/mol. The van der Waals surface area contributed by atoms with Gasteiger partial charge in [0.1, 0.15) is 28.8 Å². The maximum absolute atomic E-state index is 12.4. The predicted octanol–water partition coefficient (Wildman–Crippen LogP) is 7.10. The molecule has 5 rings (SSSR count). The van der Waals surface area contributed by atoms with E-state index in [0.717, 1.165) is 47.1 Å². The normalized spacial score (nSPS) is 11.8. The van der Waals surface area contributed by atoms with Gasteiger partial charge in [-0.2, -0.15) is 0 Å². The van der Waals surface area contributed by atoms with Crippen LogP contribution < -0.4 is 10.4 Å². The number of para-hydroxylation sites is 1. The van der Waals surface area contributed by atoms with Crippen molar-refractivity contribution in [2.24, 2.45) is 0 Å². The maximum atomic E-state index is 12.4. The molecule has 8 nitrogen and oxygen atoms in total. The topological polar surface area (TPSA) is 102 Å². The van der Waals surface area contributed by atoms with Crippen LogP contribution in [0.2, 0.25) is 5.02 Å². The van der Waals surface area contributed by atoms with E-state index in [1.165, 1.54) is 0 Å². The van der Waals surface area contributed by atoms with Crippen molar-refractivity contribution in [3.63, 3.8) is 0 Å². The molecule has 0 radical (unpaired) electrons. The molecule has 3 aromatic carbocycles. The Morgan fingerprint density at radius 3 is 2.36 bits per heavy atom. The summed E-state index contributed by atoms with van der Waals surface area (Å²) in [6.07, 6.45) is -0.109. The van der Waals surface area contributed by atoms with E-state index in [0.29, 0.717) is 40.7 Å². The molecule has 0 aliphatic rings. The fourth-order valence-electron chi connectivity index (χ4n) is 4.85. The first-order valence-electron chi connectivity index (χ1n) is 14.7. The summed E-state index contributed by atoms with van der Waals surface area (Å²) in [5.74, 6) is 0.569. The van der Waals surface area contributed by atoms with Gasteiger partial charge in [-0.05, 0) is 80.9 Å². The number of aliphatic hydroxyl groups is 1. The van der Waals surface area contributed by atoms with Crippen LogP contribution in [0, 0.1) is 6.92 Å². The molecule has 0 saturated heterocycles. The molecule has 9 heteroatoms. The zero-order valence-corrected chi connectivity index (χ0v) is 26.2. The summed E-state index contributed by atoms with van der Waals surface area (Å²) in [6.45, 7) is 10.8. The number of ether oxygens (including phenoxy) is 2. The third kappa shape index (κ3) is 8.29. The molecule has 0 spiro atoms. The van der Waals surface area contributed by atoms with Gasteiger partial charge in [-0.1, -0.05) is 55.8 Å². The monoisotopic (exact) mass is 619 g/mol. The fourth-order valence-corrected chi connectivity index (χ4v) is 4.98. The summed E-state index contributed by atoms with van der Waals surface area (Å²) in [4.78, 5) is 26.1. The summed E-state index contributed by atoms with van der Waals surface area (Å²) in [5, 5.41) is 12.8. The Morgan fingerprint density at radius 2 is 1.68 bits per heavy atom. The molecule has 1 unspecified atom stereocenters. The summed E-state index contributed by atoms with van der Waals surface area (Å²) < 4.78 is 21.4. The van der Waals surface area contributed by atoms with Crippen molar-refractivity contribution in [2.75, 3.05) is 32.8 Å². The van der Waals surface area contributed by atoms with E-state index in [9.17, 15) is 14.7 Å². The van der Waals surface area contributed by atoms with Crippen molar-refractivity contribution in [3.05, 3.63) is 111 Å². The average molecular weight is 620 g/mol. The number of aryl methyl sites for hydroxylation is 1. The molecule has 0 bridgehead atoms. The molecule has 1 atom stereocenters. The van der Waals surface area contributed by atoms with Gasteiger partial charge in [-0.3, -0.25) is 0 Å². The maximum Gasteiger partial charge on any atom is 0.344 e. The van der Waals surface area contributed by atoms with Crippen LogP contribution in [0.3, 0.4) is 0 Å². The number of aliphatic hydroxyl groups excluding tert-OH is 1. The SMILES string of the molecule is CCOC(=O)COc1ccc2c(C)c(CCN(CC)CC)c(=O)oc2c1.OC(c1ccc(Cl)cc1)c1cc2ccccc2o1. The van der Waals surface area contributed by atoms with Crippen LogP contribution in [0.1, 0.15) is 49.3 Å². The lowest BCUT2D eigenvalue weighted by Gasteiger charge is -2.18. The first-order valence-corrected chi connectivity index (χ1v) is 15.1. The Balaban J connectivity index is 0.000000213. The van der Waals surface area contributed by atoms with E-state index >= 15 is 0 Å². The van der Waals surface area contributed by atoms with Gasteiger partial charge in [0.25, 0.3) is 0 Å². The number of furan rings is 1. The third-order valence-electron chi connectivity index (χ3n) is 7.39. The molecule has 2 heterocycles. The van der Waals surface area contributed by atoms with Crippen LogP contribution in [0.4, 0.5) is 0 Å². The summed E-state index contributed by atoms with van der Waals surface area (Å²) >= 11 is 5.82. The number of rotatable bonds is 11. The molecule has 232 valence electrons. The number of likely N-dealkylation sites (N-methyl/N-ethyl adjacent to an activating group) is 1. The number of fused-ring (bicyclic) bond motifs is 2. The highest BCUT2D eigenvalue weighted by molar-refractivity contribution is 6.30. The van der Waals surface area contributed by atoms with Crippen LogP contribution >= 0.6 is 11.6 Å². The zero-order valence-electron chi connectivity index (χ0n) is 25.5. The number of benzene rings is 3. The van der Waals surface area contributed by atoms with Gasteiger partial charge in [-0.15, -0.1) is 0 Å². The summed E-state index contributed by atoms with van der Waals surface area (Å²) in [7, 11) is 0. The minimum Gasteiger partial charge on any atom is -0.482 e. The Hall–Kier alpha value is -4.11. The second-order valence-electron chi connectivity index (χ2n) is 10.2.